The molecule has 3 heterocycles. The molecule has 168 valence electrons. The summed E-state index contributed by atoms with van der Waals surface area (Å²) in [6.07, 6.45) is 4.85. The Labute approximate surface area is 186 Å². The average molecular weight is 459 g/mol. The standard InChI is InChI=1S/C19H22N8O4S/c1-24-12-21-22-18(24)32-15-7-6-13(11-14(15)27(30)31)17(28)20-8-4-10-26-19(29)25-9-3-2-5-16(25)23-26/h6-7,11-12H,2-5,8-10H2,1H3,(H,20,28). The number of nitro groups is 1. The maximum Gasteiger partial charge on any atom is 0.345 e. The lowest BCUT2D eigenvalue weighted by Crippen LogP contribution is -2.29. The van der Waals surface area contributed by atoms with Crippen molar-refractivity contribution in [3.05, 3.63) is 56.5 Å². The zero-order valence-electron chi connectivity index (χ0n) is 17.4. The van der Waals surface area contributed by atoms with E-state index in [4.69, 9.17) is 0 Å². The van der Waals surface area contributed by atoms with Crippen molar-refractivity contribution in [1.82, 2.24) is 34.4 Å². The summed E-state index contributed by atoms with van der Waals surface area (Å²) in [6.45, 7) is 1.41. The monoisotopic (exact) mass is 458 g/mol. The predicted molar refractivity (Wildman–Crippen MR) is 115 cm³/mol. The van der Waals surface area contributed by atoms with E-state index in [1.165, 1.54) is 29.2 Å². The maximum absolute atomic E-state index is 12.5. The third-order valence-corrected chi connectivity index (χ3v) is 6.27. The van der Waals surface area contributed by atoms with Crippen molar-refractivity contribution in [2.75, 3.05) is 6.54 Å². The quantitative estimate of drug-likeness (QED) is 0.303. The number of hydrogen-bond acceptors (Lipinski definition) is 8. The van der Waals surface area contributed by atoms with E-state index in [1.54, 1.807) is 16.2 Å². The number of carbonyl (C=O) groups excluding carboxylic acids is 1. The Bertz CT molecular complexity index is 1210. The number of carbonyl (C=O) groups is 1. The molecule has 13 heteroatoms. The molecule has 0 aliphatic carbocycles. The summed E-state index contributed by atoms with van der Waals surface area (Å²) in [5.74, 6) is 0.400. The van der Waals surface area contributed by atoms with Crippen LogP contribution >= 0.6 is 11.8 Å². The van der Waals surface area contributed by atoms with E-state index in [0.717, 1.165) is 36.8 Å². The second-order valence-electron chi connectivity index (χ2n) is 7.41. The Morgan fingerprint density at radius 1 is 1.34 bits per heavy atom. The van der Waals surface area contributed by atoms with Gasteiger partial charge in [-0.15, -0.1) is 10.2 Å². The first-order chi connectivity index (χ1) is 15.4. The van der Waals surface area contributed by atoms with E-state index in [-0.39, 0.29) is 16.9 Å². The predicted octanol–water partition coefficient (Wildman–Crippen LogP) is 1.39. The normalized spacial score (nSPS) is 13.0. The Hall–Kier alpha value is -3.48. The zero-order chi connectivity index (χ0) is 22.7. The van der Waals surface area contributed by atoms with Crippen LogP contribution in [0.1, 0.15) is 35.4 Å². The zero-order valence-corrected chi connectivity index (χ0v) is 18.2. The van der Waals surface area contributed by atoms with Crippen LogP contribution < -0.4 is 11.0 Å². The molecular formula is C19H22N8O4S. The first kappa shape index (κ1) is 21.7. The van der Waals surface area contributed by atoms with Gasteiger partial charge in [0.15, 0.2) is 5.16 Å². The summed E-state index contributed by atoms with van der Waals surface area (Å²) < 4.78 is 4.80. The molecule has 1 aromatic carbocycles. The second kappa shape index (κ2) is 9.34. The smallest absolute Gasteiger partial charge is 0.345 e. The van der Waals surface area contributed by atoms with E-state index in [1.807, 2.05) is 0 Å². The summed E-state index contributed by atoms with van der Waals surface area (Å²) in [5, 5.41) is 26.8. The van der Waals surface area contributed by atoms with Crippen LogP contribution in [0.15, 0.2) is 39.4 Å². The van der Waals surface area contributed by atoms with Gasteiger partial charge in [0, 0.05) is 44.7 Å². The van der Waals surface area contributed by atoms with Crippen LogP contribution in [0.5, 0.6) is 0 Å². The molecule has 0 radical (unpaired) electrons. The second-order valence-corrected chi connectivity index (χ2v) is 8.42. The molecule has 0 saturated carbocycles. The van der Waals surface area contributed by atoms with Crippen molar-refractivity contribution < 1.29 is 9.72 Å². The molecule has 1 aliphatic rings. The van der Waals surface area contributed by atoms with E-state index in [9.17, 15) is 19.7 Å². The summed E-state index contributed by atoms with van der Waals surface area (Å²) >= 11 is 1.10. The largest absolute Gasteiger partial charge is 0.352 e. The summed E-state index contributed by atoms with van der Waals surface area (Å²) in [7, 11) is 1.74. The number of hydrogen-bond donors (Lipinski definition) is 1. The van der Waals surface area contributed by atoms with Gasteiger partial charge in [0.1, 0.15) is 12.2 Å². The molecule has 32 heavy (non-hydrogen) atoms. The molecule has 3 aromatic rings. The van der Waals surface area contributed by atoms with Gasteiger partial charge in [-0.3, -0.25) is 19.5 Å². The van der Waals surface area contributed by atoms with Crippen LogP contribution in [0.25, 0.3) is 0 Å². The molecule has 0 fully saturated rings. The number of benzene rings is 1. The van der Waals surface area contributed by atoms with E-state index >= 15 is 0 Å². The molecule has 12 nitrogen and oxygen atoms in total. The van der Waals surface area contributed by atoms with Crippen LogP contribution in [0.4, 0.5) is 5.69 Å². The van der Waals surface area contributed by atoms with Gasteiger partial charge in [0.25, 0.3) is 11.6 Å². The molecular weight excluding hydrogens is 436 g/mol. The molecule has 0 unspecified atom stereocenters. The first-order valence-electron chi connectivity index (χ1n) is 10.2. The van der Waals surface area contributed by atoms with Crippen LogP contribution in [-0.4, -0.2) is 46.5 Å². The van der Waals surface area contributed by atoms with Gasteiger partial charge in [-0.25, -0.2) is 9.48 Å². The number of nitrogens with one attached hydrogen (secondary N) is 1. The highest BCUT2D eigenvalue weighted by molar-refractivity contribution is 7.99. The third kappa shape index (κ3) is 4.56. The number of rotatable bonds is 8. The fourth-order valence-corrected chi connectivity index (χ4v) is 4.33. The highest BCUT2D eigenvalue weighted by atomic mass is 32.2. The third-order valence-electron chi connectivity index (χ3n) is 5.15. The highest BCUT2D eigenvalue weighted by Crippen LogP contribution is 2.34. The van der Waals surface area contributed by atoms with Crippen molar-refractivity contribution in [3.8, 4) is 0 Å². The number of aryl methyl sites for hydroxylation is 3. The van der Waals surface area contributed by atoms with Gasteiger partial charge < -0.3 is 9.88 Å². The molecule has 0 spiro atoms. The Kier molecular flexibility index (Phi) is 6.35. The fraction of sp³-hybridized carbons (Fsp3) is 0.421. The van der Waals surface area contributed by atoms with Crippen molar-refractivity contribution in [2.45, 2.75) is 48.8 Å². The van der Waals surface area contributed by atoms with E-state index in [0.29, 0.717) is 36.1 Å². The Morgan fingerprint density at radius 2 is 2.19 bits per heavy atom. The van der Waals surface area contributed by atoms with Gasteiger partial charge in [-0.1, -0.05) is 0 Å². The van der Waals surface area contributed by atoms with Gasteiger partial charge in [-0.05, 0) is 43.2 Å². The van der Waals surface area contributed by atoms with Crippen LogP contribution in [0.2, 0.25) is 0 Å². The van der Waals surface area contributed by atoms with Crippen molar-refractivity contribution in [2.24, 2.45) is 7.05 Å². The molecule has 2 aromatic heterocycles. The van der Waals surface area contributed by atoms with Crippen molar-refractivity contribution in [1.29, 1.82) is 0 Å². The van der Waals surface area contributed by atoms with Gasteiger partial charge in [0.2, 0.25) is 0 Å². The van der Waals surface area contributed by atoms with E-state index in [2.05, 4.69) is 20.6 Å². The minimum Gasteiger partial charge on any atom is -0.352 e. The number of nitro benzene ring substituents is 1. The molecule has 0 bridgehead atoms. The number of fused-ring (bicyclic) bond motifs is 1. The van der Waals surface area contributed by atoms with Crippen molar-refractivity contribution >= 4 is 23.4 Å². The summed E-state index contributed by atoms with van der Waals surface area (Å²) in [4.78, 5) is 36.2. The van der Waals surface area contributed by atoms with Gasteiger partial charge in [-0.2, -0.15) is 5.10 Å². The van der Waals surface area contributed by atoms with E-state index < -0.39 is 10.8 Å². The minimum absolute atomic E-state index is 0.113. The topological polar surface area (TPSA) is 143 Å². The molecule has 4 rings (SSSR count). The van der Waals surface area contributed by atoms with Gasteiger partial charge >= 0.3 is 5.69 Å². The number of amides is 1. The van der Waals surface area contributed by atoms with Crippen LogP contribution in [0.3, 0.4) is 0 Å². The molecule has 1 N–H and O–H groups in total. The van der Waals surface area contributed by atoms with Crippen LogP contribution in [0, 0.1) is 10.1 Å². The maximum atomic E-state index is 12.5. The Morgan fingerprint density at radius 3 is 2.91 bits per heavy atom. The highest BCUT2D eigenvalue weighted by Gasteiger charge is 2.20. The van der Waals surface area contributed by atoms with Gasteiger partial charge in [0.05, 0.1) is 9.82 Å². The molecule has 0 saturated heterocycles. The molecule has 1 aliphatic heterocycles. The summed E-state index contributed by atoms with van der Waals surface area (Å²) in [5.41, 5.74) is -0.105. The lowest BCUT2D eigenvalue weighted by atomic mass is 10.2. The fourth-order valence-electron chi connectivity index (χ4n) is 3.48. The minimum atomic E-state index is -0.525. The average Bonchev–Trinajstić information content (AvgIpc) is 3.34. The van der Waals surface area contributed by atoms with Crippen molar-refractivity contribution in [3.63, 3.8) is 0 Å². The molecule has 0 atom stereocenters. The SMILES string of the molecule is Cn1cnnc1Sc1ccc(C(=O)NCCCn2nc3n(c2=O)CCCC3)cc1[N+](=O)[O-]. The number of nitrogens with zero attached hydrogens (tertiary/aromatic N) is 7. The summed E-state index contributed by atoms with van der Waals surface area (Å²) in [6, 6.07) is 4.32. The number of aromatic nitrogens is 6. The lowest BCUT2D eigenvalue weighted by Gasteiger charge is -2.09. The Balaban J connectivity index is 1.36. The lowest BCUT2D eigenvalue weighted by molar-refractivity contribution is -0.387. The first-order valence-corrected chi connectivity index (χ1v) is 11.0. The van der Waals surface area contributed by atoms with Crippen LogP contribution in [-0.2, 0) is 26.6 Å². The molecule has 1 amide bonds.